The number of hydrogen-bond donors (Lipinski definition) is 1. The first-order valence-electron chi connectivity index (χ1n) is 21.8. The molecule has 0 fully saturated rings. The van der Waals surface area contributed by atoms with Crippen molar-refractivity contribution in [3.05, 3.63) is 211 Å². The Hall–Kier alpha value is -7.77. The lowest BCUT2D eigenvalue weighted by Crippen LogP contribution is -2.43. The van der Waals surface area contributed by atoms with Gasteiger partial charge in [-0.25, -0.2) is 0 Å². The van der Waals surface area contributed by atoms with Gasteiger partial charge in [0.1, 0.15) is 11.0 Å². The minimum absolute atomic E-state index is 0.415. The van der Waals surface area contributed by atoms with Gasteiger partial charge in [-0.3, -0.25) is 5.01 Å². The standard InChI is InChI=1S/C56H51N7/c1-4-41-39-61(38-40(2)3)60-55-51(41)52(42-30-34-49(35-31-42)62(45-22-12-6-13-23-45)46-24-14-7-15-25-46)56(59-58-44-20-10-5-11-21-44)54(57)53(55)43-32-36-50(37-33-43)63(47-26-16-8-17-27-47)48-28-18-9-19-29-48/h5-37,40H,4,38-39,57H2,1-3H3/b59-58-. The molecular weight excluding hydrogens is 771 g/mol. The Balaban J connectivity index is 1.27. The average molecular weight is 822 g/mol. The van der Waals surface area contributed by atoms with Crippen molar-refractivity contribution in [3.63, 3.8) is 0 Å². The number of azo groups is 1. The highest BCUT2D eigenvalue weighted by atomic mass is 15.5. The van der Waals surface area contributed by atoms with Gasteiger partial charge in [0, 0.05) is 57.0 Å². The molecule has 1 heterocycles. The molecule has 0 spiro atoms. The zero-order valence-corrected chi connectivity index (χ0v) is 36.0. The summed E-state index contributed by atoms with van der Waals surface area (Å²) in [4.78, 5) is 4.54. The van der Waals surface area contributed by atoms with Gasteiger partial charge in [-0.05, 0) is 114 Å². The van der Waals surface area contributed by atoms with E-state index in [9.17, 15) is 0 Å². The molecule has 0 unspecified atom stereocenters. The number of benzene rings is 8. The van der Waals surface area contributed by atoms with E-state index in [0.29, 0.717) is 23.8 Å². The summed E-state index contributed by atoms with van der Waals surface area (Å²) < 4.78 is 0. The second kappa shape index (κ2) is 18.5. The van der Waals surface area contributed by atoms with Gasteiger partial charge in [-0.1, -0.05) is 136 Å². The Bertz CT molecular complexity index is 2860. The molecular formula is C56H51N7. The summed E-state index contributed by atoms with van der Waals surface area (Å²) in [7, 11) is 0. The van der Waals surface area contributed by atoms with Gasteiger partial charge in [0.2, 0.25) is 0 Å². The smallest absolute Gasteiger partial charge is 0.118 e. The fraction of sp³-hybridized carbons (Fsp3) is 0.125. The summed E-state index contributed by atoms with van der Waals surface area (Å²) in [6.07, 6.45) is 0.832. The molecule has 0 aromatic heterocycles. The quantitative estimate of drug-likeness (QED) is 0.0929. The van der Waals surface area contributed by atoms with Crippen LogP contribution in [0.3, 0.4) is 0 Å². The normalized spacial score (nSPS) is 12.3. The Morgan fingerprint density at radius 2 is 0.921 bits per heavy atom. The Labute approximate surface area is 370 Å². The first-order valence-corrected chi connectivity index (χ1v) is 21.8. The third-order valence-electron chi connectivity index (χ3n) is 11.4. The van der Waals surface area contributed by atoms with Crippen molar-refractivity contribution in [2.45, 2.75) is 27.2 Å². The number of nitrogens with two attached hydrogens (primary N) is 1. The molecule has 1 aliphatic heterocycles. The second-order valence-electron chi connectivity index (χ2n) is 16.2. The van der Waals surface area contributed by atoms with Gasteiger partial charge < -0.3 is 15.5 Å². The van der Waals surface area contributed by atoms with E-state index in [1.54, 1.807) is 0 Å². The predicted molar refractivity (Wildman–Crippen MR) is 263 cm³/mol. The summed E-state index contributed by atoms with van der Waals surface area (Å²) >= 11 is 0. The second-order valence-corrected chi connectivity index (χ2v) is 16.2. The fourth-order valence-electron chi connectivity index (χ4n) is 8.51. The van der Waals surface area contributed by atoms with Crippen LogP contribution >= 0.6 is 0 Å². The number of fused-ring (bicyclic) bond motifs is 1. The van der Waals surface area contributed by atoms with Crippen molar-refractivity contribution in [2.75, 3.05) is 28.6 Å². The third-order valence-corrected chi connectivity index (χ3v) is 11.4. The number of anilines is 7. The highest BCUT2D eigenvalue weighted by molar-refractivity contribution is 5.95. The van der Waals surface area contributed by atoms with Crippen molar-refractivity contribution in [2.24, 2.45) is 21.2 Å². The molecule has 0 aliphatic carbocycles. The fourth-order valence-corrected chi connectivity index (χ4v) is 8.51. The molecule has 0 atom stereocenters. The number of nitrogen functional groups attached to an aromatic ring is 1. The van der Waals surface area contributed by atoms with Gasteiger partial charge in [0.15, 0.2) is 0 Å². The van der Waals surface area contributed by atoms with Crippen LogP contribution < -0.4 is 26.1 Å². The van der Waals surface area contributed by atoms with Gasteiger partial charge in [0.05, 0.1) is 17.9 Å². The molecule has 0 saturated carbocycles. The van der Waals surface area contributed by atoms with Gasteiger partial charge in [-0.15, -0.1) is 5.11 Å². The minimum atomic E-state index is 0.415. The van der Waals surface area contributed by atoms with Crippen LogP contribution in [-0.2, 0) is 0 Å². The minimum Gasteiger partial charge on any atom is -0.396 e. The lowest BCUT2D eigenvalue weighted by Gasteiger charge is -2.29. The molecule has 0 bridgehead atoms. The van der Waals surface area contributed by atoms with Crippen LogP contribution in [0.2, 0.25) is 0 Å². The number of hydrogen-bond acceptors (Lipinski definition) is 7. The van der Waals surface area contributed by atoms with Crippen molar-refractivity contribution in [1.29, 1.82) is 0 Å². The monoisotopic (exact) mass is 821 g/mol. The maximum Gasteiger partial charge on any atom is 0.118 e. The molecule has 310 valence electrons. The number of nitrogens with zero attached hydrogens (tertiary/aromatic N) is 6. The average Bonchev–Trinajstić information content (AvgIpc) is 3.33. The maximum absolute atomic E-state index is 7.53. The van der Waals surface area contributed by atoms with Crippen molar-refractivity contribution in [3.8, 4) is 22.3 Å². The molecule has 8 aromatic rings. The van der Waals surface area contributed by atoms with Gasteiger partial charge >= 0.3 is 0 Å². The molecule has 63 heavy (non-hydrogen) atoms. The zero-order chi connectivity index (χ0) is 43.1. The molecule has 2 N–H and O–H groups in total. The molecule has 0 amide bonds. The lowest BCUT2D eigenvalue weighted by atomic mass is 9.89. The van der Waals surface area contributed by atoms with Gasteiger partial charge in [-0.2, -0.15) is 10.2 Å². The van der Waals surface area contributed by atoms with E-state index in [-0.39, 0.29) is 0 Å². The largest absolute Gasteiger partial charge is 0.396 e. The Morgan fingerprint density at radius 3 is 1.33 bits per heavy atom. The van der Waals surface area contributed by atoms with Crippen LogP contribution in [0, 0.1) is 5.92 Å². The lowest BCUT2D eigenvalue weighted by molar-refractivity contribution is 0.270. The van der Waals surface area contributed by atoms with E-state index < -0.39 is 0 Å². The summed E-state index contributed by atoms with van der Waals surface area (Å²) in [5.74, 6) is 0.415. The Kier molecular flexibility index (Phi) is 11.9. The van der Waals surface area contributed by atoms with E-state index in [0.717, 1.165) is 85.6 Å². The number of para-hydroxylation sites is 4. The van der Waals surface area contributed by atoms with E-state index in [1.807, 2.05) is 54.6 Å². The molecule has 0 radical (unpaired) electrons. The van der Waals surface area contributed by atoms with Crippen LogP contribution in [0.15, 0.2) is 216 Å². The van der Waals surface area contributed by atoms with Crippen molar-refractivity contribution >= 4 is 56.8 Å². The Morgan fingerprint density at radius 1 is 0.524 bits per heavy atom. The summed E-state index contributed by atoms with van der Waals surface area (Å²) in [5, 5.41) is 19.5. The molecule has 7 nitrogen and oxygen atoms in total. The molecule has 7 heteroatoms. The van der Waals surface area contributed by atoms with Crippen LogP contribution in [-0.4, -0.2) is 18.1 Å². The summed E-state index contributed by atoms with van der Waals surface area (Å²) in [6.45, 7) is 8.25. The first kappa shape index (κ1) is 40.6. The topological polar surface area (TPSA) is 72.8 Å². The third kappa shape index (κ3) is 8.59. The molecule has 8 aromatic carbocycles. The van der Waals surface area contributed by atoms with E-state index >= 15 is 0 Å². The van der Waals surface area contributed by atoms with E-state index in [2.05, 4.69) is 181 Å². The predicted octanol–water partition coefficient (Wildman–Crippen LogP) is 14.0. The summed E-state index contributed by atoms with van der Waals surface area (Å²) in [6, 6.07) is 69.1. The van der Waals surface area contributed by atoms with Crippen LogP contribution in [0.5, 0.6) is 0 Å². The molecule has 9 rings (SSSR count). The van der Waals surface area contributed by atoms with Gasteiger partial charge in [0.25, 0.3) is 0 Å². The summed E-state index contributed by atoms with van der Waals surface area (Å²) in [5.41, 5.74) is 20.8. The van der Waals surface area contributed by atoms with Crippen molar-refractivity contribution in [1.82, 2.24) is 5.01 Å². The SMILES string of the molecule is CCC1=c2c(-c3ccc(N(c4ccccc4)c4ccccc4)cc3)c(/N=N\c3ccccc3)c(N)c(-c3ccc(N(c4ccccc4)c4ccccc4)cc3)c2=NN(CC(C)C)C1. The van der Waals surface area contributed by atoms with Crippen molar-refractivity contribution < 1.29 is 0 Å². The number of rotatable bonds is 13. The molecule has 0 saturated heterocycles. The van der Waals surface area contributed by atoms with Crippen LogP contribution in [0.4, 0.5) is 51.2 Å². The van der Waals surface area contributed by atoms with Crippen LogP contribution in [0.25, 0.3) is 27.8 Å². The highest BCUT2D eigenvalue weighted by Crippen LogP contribution is 2.42. The van der Waals surface area contributed by atoms with E-state index in [1.165, 1.54) is 5.57 Å². The maximum atomic E-state index is 7.53. The molecule has 1 aliphatic rings. The first-order chi connectivity index (χ1) is 31.0. The highest BCUT2D eigenvalue weighted by Gasteiger charge is 2.26. The van der Waals surface area contributed by atoms with E-state index in [4.69, 9.17) is 21.1 Å². The zero-order valence-electron chi connectivity index (χ0n) is 36.0. The van der Waals surface area contributed by atoms with Crippen LogP contribution in [0.1, 0.15) is 27.2 Å².